The Balaban J connectivity index is 1.64. The molecular formula is C23H25N3OS2. The summed E-state index contributed by atoms with van der Waals surface area (Å²) in [5.74, 6) is 1.39. The van der Waals surface area contributed by atoms with E-state index in [-0.39, 0.29) is 12.1 Å². The maximum Gasteiger partial charge on any atom is 0.170 e. The van der Waals surface area contributed by atoms with Gasteiger partial charge >= 0.3 is 0 Å². The molecule has 3 aromatic rings. The second-order valence-corrected chi connectivity index (χ2v) is 9.21. The van der Waals surface area contributed by atoms with Crippen LogP contribution in [0, 0.1) is 12.8 Å². The fourth-order valence-electron chi connectivity index (χ4n) is 3.58. The lowest BCUT2D eigenvalue weighted by molar-refractivity contribution is 0.242. The molecule has 4 rings (SSSR count). The fourth-order valence-corrected chi connectivity index (χ4v) is 4.67. The van der Waals surface area contributed by atoms with Gasteiger partial charge in [-0.3, -0.25) is 4.98 Å². The molecule has 1 aromatic carbocycles. The van der Waals surface area contributed by atoms with Crippen LogP contribution in [0.1, 0.15) is 42.9 Å². The summed E-state index contributed by atoms with van der Waals surface area (Å²) in [5.41, 5.74) is 2.22. The van der Waals surface area contributed by atoms with Gasteiger partial charge in [0.25, 0.3) is 0 Å². The molecule has 6 heteroatoms. The van der Waals surface area contributed by atoms with E-state index < -0.39 is 0 Å². The third-order valence-electron chi connectivity index (χ3n) is 4.89. The highest BCUT2D eigenvalue weighted by Gasteiger charge is 2.41. The van der Waals surface area contributed by atoms with Crippen molar-refractivity contribution >= 4 is 29.1 Å². The first-order valence-electron chi connectivity index (χ1n) is 9.83. The molecule has 2 atom stereocenters. The average Bonchev–Trinajstić information content (AvgIpc) is 3.28. The monoisotopic (exact) mass is 423 g/mol. The highest BCUT2D eigenvalue weighted by molar-refractivity contribution is 7.99. The van der Waals surface area contributed by atoms with Crippen LogP contribution < -0.4 is 5.32 Å². The number of hydrogen-bond acceptors (Lipinski definition) is 4. The van der Waals surface area contributed by atoms with Crippen LogP contribution in [0.3, 0.4) is 0 Å². The van der Waals surface area contributed by atoms with Crippen molar-refractivity contribution in [1.82, 2.24) is 15.2 Å². The van der Waals surface area contributed by atoms with E-state index >= 15 is 0 Å². The summed E-state index contributed by atoms with van der Waals surface area (Å²) >= 11 is 7.31. The van der Waals surface area contributed by atoms with Crippen LogP contribution in [0.5, 0.6) is 0 Å². The molecule has 1 fully saturated rings. The Morgan fingerprint density at radius 2 is 1.93 bits per heavy atom. The van der Waals surface area contributed by atoms with E-state index in [0.717, 1.165) is 33.1 Å². The number of furan rings is 1. The van der Waals surface area contributed by atoms with Crippen molar-refractivity contribution in [2.45, 2.75) is 42.8 Å². The van der Waals surface area contributed by atoms with Gasteiger partial charge in [-0.1, -0.05) is 49.4 Å². The first-order chi connectivity index (χ1) is 14.0. The Bertz CT molecular complexity index is 969. The number of nitrogens with one attached hydrogen (secondary N) is 1. The minimum Gasteiger partial charge on any atom is -0.452 e. The molecule has 29 heavy (non-hydrogen) atoms. The summed E-state index contributed by atoms with van der Waals surface area (Å²) in [5, 5.41) is 5.10. The second kappa shape index (κ2) is 8.59. The van der Waals surface area contributed by atoms with Crippen LogP contribution in [0.4, 0.5) is 0 Å². The molecule has 150 valence electrons. The second-order valence-electron chi connectivity index (χ2n) is 7.74. The van der Waals surface area contributed by atoms with Gasteiger partial charge in [-0.25, -0.2) is 0 Å². The summed E-state index contributed by atoms with van der Waals surface area (Å²) in [6.45, 7) is 7.36. The minimum absolute atomic E-state index is 0.0211. The van der Waals surface area contributed by atoms with Gasteiger partial charge in [0, 0.05) is 17.6 Å². The third kappa shape index (κ3) is 4.49. The van der Waals surface area contributed by atoms with Crippen molar-refractivity contribution in [3.63, 3.8) is 0 Å². The van der Waals surface area contributed by atoms with E-state index in [0.29, 0.717) is 5.92 Å². The third-order valence-corrected chi connectivity index (χ3v) is 6.17. The van der Waals surface area contributed by atoms with Gasteiger partial charge in [-0.2, -0.15) is 0 Å². The number of benzene rings is 1. The summed E-state index contributed by atoms with van der Waals surface area (Å²) in [4.78, 5) is 7.97. The maximum atomic E-state index is 6.31. The van der Waals surface area contributed by atoms with Gasteiger partial charge < -0.3 is 14.6 Å². The molecule has 2 aromatic heterocycles. The van der Waals surface area contributed by atoms with E-state index in [9.17, 15) is 0 Å². The standard InChI is InChI=1S/C23H25N3OS2/c1-15(2)14-26-22(21(25-23(26)28)18-6-4-5-13-24-18)19-11-12-20(27-19)29-17-9-7-16(3)8-10-17/h4-13,15,21-22H,14H2,1-3H3,(H,25,28)/t21-,22+/m1/s1. The Morgan fingerprint density at radius 1 is 1.14 bits per heavy atom. The first-order valence-corrected chi connectivity index (χ1v) is 11.1. The normalized spacial score (nSPS) is 19.0. The molecule has 0 saturated carbocycles. The zero-order chi connectivity index (χ0) is 20.4. The zero-order valence-corrected chi connectivity index (χ0v) is 18.5. The molecule has 0 bridgehead atoms. The number of hydrogen-bond donors (Lipinski definition) is 1. The van der Waals surface area contributed by atoms with Crippen molar-refractivity contribution in [2.24, 2.45) is 5.92 Å². The van der Waals surface area contributed by atoms with Gasteiger partial charge in [-0.15, -0.1) is 0 Å². The lowest BCUT2D eigenvalue weighted by Gasteiger charge is -2.27. The summed E-state index contributed by atoms with van der Waals surface area (Å²) in [6, 6.07) is 18.5. The van der Waals surface area contributed by atoms with E-state index in [2.05, 4.69) is 66.3 Å². The topological polar surface area (TPSA) is 41.3 Å². The van der Waals surface area contributed by atoms with Gasteiger partial charge in [0.15, 0.2) is 10.2 Å². The number of pyridine rings is 1. The highest BCUT2D eigenvalue weighted by Crippen LogP contribution is 2.41. The molecule has 0 aliphatic carbocycles. The van der Waals surface area contributed by atoms with E-state index in [1.807, 2.05) is 30.5 Å². The molecule has 1 saturated heterocycles. The Kier molecular flexibility index (Phi) is 5.92. The van der Waals surface area contributed by atoms with Crippen molar-refractivity contribution in [3.8, 4) is 0 Å². The average molecular weight is 424 g/mol. The van der Waals surface area contributed by atoms with Crippen LogP contribution in [0.2, 0.25) is 0 Å². The summed E-state index contributed by atoms with van der Waals surface area (Å²) < 4.78 is 6.31. The van der Waals surface area contributed by atoms with Crippen molar-refractivity contribution in [1.29, 1.82) is 0 Å². The molecule has 3 heterocycles. The molecule has 0 amide bonds. The Hall–Kier alpha value is -2.31. The van der Waals surface area contributed by atoms with E-state index in [1.54, 1.807) is 11.8 Å². The van der Waals surface area contributed by atoms with Crippen LogP contribution in [-0.4, -0.2) is 21.5 Å². The van der Waals surface area contributed by atoms with Crippen molar-refractivity contribution < 1.29 is 4.42 Å². The number of nitrogens with zero attached hydrogens (tertiary/aromatic N) is 2. The number of rotatable bonds is 6. The Labute approximate surface area is 181 Å². The van der Waals surface area contributed by atoms with Gasteiger partial charge in [0.1, 0.15) is 11.8 Å². The SMILES string of the molecule is Cc1ccc(Sc2ccc([C@H]3[C@@H](c4ccccn4)NC(=S)N3CC(C)C)o2)cc1. The minimum atomic E-state index is -0.0363. The molecule has 1 N–H and O–H groups in total. The predicted octanol–water partition coefficient (Wildman–Crippen LogP) is 5.76. The van der Waals surface area contributed by atoms with E-state index in [1.165, 1.54) is 5.56 Å². The molecule has 1 aliphatic heterocycles. The smallest absolute Gasteiger partial charge is 0.170 e. The summed E-state index contributed by atoms with van der Waals surface area (Å²) in [7, 11) is 0. The molecule has 1 aliphatic rings. The van der Waals surface area contributed by atoms with Gasteiger partial charge in [0.2, 0.25) is 0 Å². The fraction of sp³-hybridized carbons (Fsp3) is 0.304. The zero-order valence-electron chi connectivity index (χ0n) is 16.8. The predicted molar refractivity (Wildman–Crippen MR) is 121 cm³/mol. The van der Waals surface area contributed by atoms with Crippen LogP contribution in [-0.2, 0) is 0 Å². The number of aryl methyl sites for hydroxylation is 1. The molecule has 0 unspecified atom stereocenters. The lowest BCUT2D eigenvalue weighted by atomic mass is 10.0. The first kappa shape index (κ1) is 20.0. The van der Waals surface area contributed by atoms with Crippen LogP contribution >= 0.6 is 24.0 Å². The Morgan fingerprint density at radius 3 is 2.62 bits per heavy atom. The van der Waals surface area contributed by atoms with Gasteiger partial charge in [0.05, 0.1) is 11.7 Å². The number of thiocarbonyl (C=S) groups is 1. The largest absolute Gasteiger partial charge is 0.452 e. The van der Waals surface area contributed by atoms with Crippen molar-refractivity contribution in [3.05, 3.63) is 77.8 Å². The van der Waals surface area contributed by atoms with Crippen LogP contribution in [0.25, 0.3) is 0 Å². The maximum absolute atomic E-state index is 6.31. The van der Waals surface area contributed by atoms with E-state index in [4.69, 9.17) is 16.6 Å². The molecule has 4 nitrogen and oxygen atoms in total. The molecule has 0 radical (unpaired) electrons. The van der Waals surface area contributed by atoms with Gasteiger partial charge in [-0.05, 0) is 61.5 Å². The molecule has 0 spiro atoms. The van der Waals surface area contributed by atoms with Crippen LogP contribution in [0.15, 0.2) is 75.2 Å². The van der Waals surface area contributed by atoms with Crippen molar-refractivity contribution in [2.75, 3.05) is 6.54 Å². The number of aromatic nitrogens is 1. The highest BCUT2D eigenvalue weighted by atomic mass is 32.2. The quantitative estimate of drug-likeness (QED) is 0.508. The molecular weight excluding hydrogens is 398 g/mol. The summed E-state index contributed by atoms with van der Waals surface area (Å²) in [6.07, 6.45) is 1.82. The lowest BCUT2D eigenvalue weighted by Crippen LogP contribution is -2.32.